The first-order valence-corrected chi connectivity index (χ1v) is 5.71. The molecule has 0 spiro atoms. The van der Waals surface area contributed by atoms with Crippen molar-refractivity contribution >= 4 is 43.5 Å². The summed E-state index contributed by atoms with van der Waals surface area (Å²) < 4.78 is 6.54. The third kappa shape index (κ3) is 1.87. The highest BCUT2D eigenvalue weighted by Gasteiger charge is 2.12. The van der Waals surface area contributed by atoms with E-state index >= 15 is 0 Å². The van der Waals surface area contributed by atoms with Crippen LogP contribution < -0.4 is 0 Å². The SMILES string of the molecule is Clc1onc(-c2ccc(Br)cc2)c1Br. The van der Waals surface area contributed by atoms with Gasteiger partial charge in [-0.15, -0.1) is 0 Å². The second-order valence-electron chi connectivity index (χ2n) is 2.63. The molecular weight excluding hydrogens is 333 g/mol. The van der Waals surface area contributed by atoms with Crippen molar-refractivity contribution in [1.29, 1.82) is 0 Å². The summed E-state index contributed by atoms with van der Waals surface area (Å²) >= 11 is 12.4. The highest BCUT2D eigenvalue weighted by atomic mass is 79.9. The summed E-state index contributed by atoms with van der Waals surface area (Å²) in [6.07, 6.45) is 0. The Balaban J connectivity index is 2.49. The van der Waals surface area contributed by atoms with Gasteiger partial charge >= 0.3 is 0 Å². The van der Waals surface area contributed by atoms with Gasteiger partial charge in [0.2, 0.25) is 5.22 Å². The van der Waals surface area contributed by atoms with Crippen LogP contribution in [-0.4, -0.2) is 5.16 Å². The molecule has 2 aromatic rings. The standard InChI is InChI=1S/C9H4Br2ClNO/c10-6-3-1-5(2-4-6)8-7(11)9(12)14-13-8/h1-4H. The van der Waals surface area contributed by atoms with E-state index in [2.05, 4.69) is 37.0 Å². The van der Waals surface area contributed by atoms with Crippen molar-refractivity contribution in [3.63, 3.8) is 0 Å². The van der Waals surface area contributed by atoms with Crippen molar-refractivity contribution in [2.24, 2.45) is 0 Å². The van der Waals surface area contributed by atoms with Crippen molar-refractivity contribution in [1.82, 2.24) is 5.16 Å². The molecule has 2 rings (SSSR count). The summed E-state index contributed by atoms with van der Waals surface area (Å²) in [5, 5.41) is 4.11. The molecule has 0 atom stereocenters. The van der Waals surface area contributed by atoms with Crippen LogP contribution in [0, 0.1) is 0 Å². The fourth-order valence-electron chi connectivity index (χ4n) is 1.05. The Morgan fingerprint density at radius 2 is 1.79 bits per heavy atom. The maximum absolute atomic E-state index is 5.73. The van der Waals surface area contributed by atoms with Crippen molar-refractivity contribution in [2.75, 3.05) is 0 Å². The number of hydrogen-bond acceptors (Lipinski definition) is 2. The summed E-state index contributed by atoms with van der Waals surface area (Å²) in [5.41, 5.74) is 1.67. The van der Waals surface area contributed by atoms with Crippen LogP contribution in [0.1, 0.15) is 0 Å². The Kier molecular flexibility index (Phi) is 2.95. The Morgan fingerprint density at radius 3 is 2.29 bits per heavy atom. The summed E-state index contributed by atoms with van der Waals surface area (Å²) in [4.78, 5) is 0. The van der Waals surface area contributed by atoms with E-state index in [1.54, 1.807) is 0 Å². The van der Waals surface area contributed by atoms with Crippen LogP contribution >= 0.6 is 43.5 Å². The monoisotopic (exact) mass is 335 g/mol. The fourth-order valence-corrected chi connectivity index (χ4v) is 1.81. The Bertz CT molecular complexity index is 452. The van der Waals surface area contributed by atoms with Gasteiger partial charge in [0.25, 0.3) is 0 Å². The van der Waals surface area contributed by atoms with E-state index in [0.29, 0.717) is 10.2 Å². The predicted octanol–water partition coefficient (Wildman–Crippen LogP) is 4.52. The molecule has 0 bridgehead atoms. The minimum Gasteiger partial charge on any atom is -0.343 e. The van der Waals surface area contributed by atoms with Gasteiger partial charge < -0.3 is 4.52 Å². The van der Waals surface area contributed by atoms with E-state index in [0.717, 1.165) is 10.0 Å². The van der Waals surface area contributed by atoms with Crippen LogP contribution in [0.2, 0.25) is 5.22 Å². The zero-order chi connectivity index (χ0) is 10.1. The molecule has 0 aliphatic heterocycles. The minimum absolute atomic E-state index is 0.267. The molecule has 0 fully saturated rings. The van der Waals surface area contributed by atoms with Gasteiger partial charge in [-0.1, -0.05) is 33.2 Å². The molecule has 1 heterocycles. The first kappa shape index (κ1) is 10.2. The number of rotatable bonds is 1. The van der Waals surface area contributed by atoms with E-state index in [9.17, 15) is 0 Å². The number of hydrogen-bond donors (Lipinski definition) is 0. The first-order valence-electron chi connectivity index (χ1n) is 3.75. The molecule has 2 nitrogen and oxygen atoms in total. The second-order valence-corrected chi connectivity index (χ2v) is 4.68. The fraction of sp³-hybridized carbons (Fsp3) is 0. The Hall–Kier alpha value is -0.320. The van der Waals surface area contributed by atoms with E-state index in [1.165, 1.54) is 0 Å². The summed E-state index contributed by atoms with van der Waals surface area (Å²) in [5.74, 6) is 0. The molecule has 14 heavy (non-hydrogen) atoms. The van der Waals surface area contributed by atoms with Crippen molar-refractivity contribution in [3.05, 3.63) is 38.4 Å². The van der Waals surface area contributed by atoms with Crippen LogP contribution in [-0.2, 0) is 0 Å². The second kappa shape index (κ2) is 4.04. The third-order valence-electron chi connectivity index (χ3n) is 1.72. The van der Waals surface area contributed by atoms with Gasteiger partial charge in [0, 0.05) is 10.0 Å². The van der Waals surface area contributed by atoms with Crippen LogP contribution in [0.5, 0.6) is 0 Å². The van der Waals surface area contributed by atoms with E-state index in [4.69, 9.17) is 16.1 Å². The number of aromatic nitrogens is 1. The first-order chi connectivity index (χ1) is 6.68. The molecule has 1 aromatic heterocycles. The van der Waals surface area contributed by atoms with Crippen molar-refractivity contribution in [3.8, 4) is 11.3 Å². The van der Waals surface area contributed by atoms with Gasteiger partial charge in [-0.25, -0.2) is 0 Å². The lowest BCUT2D eigenvalue weighted by Gasteiger charge is -1.95. The molecule has 0 aliphatic rings. The van der Waals surface area contributed by atoms with E-state index < -0.39 is 0 Å². The van der Waals surface area contributed by atoms with Gasteiger partial charge in [0.1, 0.15) is 10.2 Å². The predicted molar refractivity (Wildman–Crippen MR) is 62.3 cm³/mol. The molecule has 0 radical (unpaired) electrons. The van der Waals surface area contributed by atoms with Crippen molar-refractivity contribution < 1.29 is 4.52 Å². The summed E-state index contributed by atoms with van der Waals surface area (Å²) in [6, 6.07) is 7.74. The number of benzene rings is 1. The zero-order valence-corrected chi connectivity index (χ0v) is 10.7. The molecule has 0 saturated heterocycles. The average Bonchev–Trinajstić information content (AvgIpc) is 2.50. The van der Waals surface area contributed by atoms with Crippen LogP contribution in [0.15, 0.2) is 37.7 Å². The smallest absolute Gasteiger partial charge is 0.240 e. The molecule has 0 unspecified atom stereocenters. The lowest BCUT2D eigenvalue weighted by Crippen LogP contribution is -1.77. The van der Waals surface area contributed by atoms with Crippen LogP contribution in [0.25, 0.3) is 11.3 Å². The topological polar surface area (TPSA) is 26.0 Å². The number of nitrogens with zero attached hydrogens (tertiary/aromatic N) is 1. The van der Waals surface area contributed by atoms with Gasteiger partial charge in [-0.2, -0.15) is 0 Å². The number of halogens is 3. The normalized spacial score (nSPS) is 10.5. The van der Waals surface area contributed by atoms with Gasteiger partial charge in [0.05, 0.1) is 0 Å². The van der Waals surface area contributed by atoms with Crippen LogP contribution in [0.3, 0.4) is 0 Å². The molecule has 0 saturated carbocycles. The highest BCUT2D eigenvalue weighted by molar-refractivity contribution is 9.11. The van der Waals surface area contributed by atoms with Gasteiger partial charge in [0.15, 0.2) is 0 Å². The lowest BCUT2D eigenvalue weighted by molar-refractivity contribution is 0.423. The molecular formula is C9H4Br2ClNO. The molecule has 5 heteroatoms. The third-order valence-corrected chi connectivity index (χ3v) is 3.47. The maximum atomic E-state index is 5.73. The van der Waals surface area contributed by atoms with E-state index in [1.807, 2.05) is 24.3 Å². The highest BCUT2D eigenvalue weighted by Crippen LogP contribution is 2.33. The van der Waals surface area contributed by atoms with Gasteiger partial charge in [-0.05, 0) is 39.7 Å². The summed E-state index contributed by atoms with van der Waals surface area (Å²) in [7, 11) is 0. The largest absolute Gasteiger partial charge is 0.343 e. The average molecular weight is 337 g/mol. The molecule has 72 valence electrons. The Morgan fingerprint density at radius 1 is 1.14 bits per heavy atom. The van der Waals surface area contributed by atoms with E-state index in [-0.39, 0.29) is 5.22 Å². The van der Waals surface area contributed by atoms with Crippen molar-refractivity contribution in [2.45, 2.75) is 0 Å². The zero-order valence-electron chi connectivity index (χ0n) is 6.80. The van der Waals surface area contributed by atoms with Gasteiger partial charge in [-0.3, -0.25) is 0 Å². The quantitative estimate of drug-likeness (QED) is 0.765. The molecule has 0 amide bonds. The van der Waals surface area contributed by atoms with Crippen LogP contribution in [0.4, 0.5) is 0 Å². The molecule has 1 aromatic carbocycles. The Labute approximate surface area is 102 Å². The molecule has 0 aliphatic carbocycles. The molecule has 0 N–H and O–H groups in total. The maximum Gasteiger partial charge on any atom is 0.240 e. The minimum atomic E-state index is 0.267. The summed E-state index contributed by atoms with van der Waals surface area (Å²) in [6.45, 7) is 0. The lowest BCUT2D eigenvalue weighted by atomic mass is 10.2.